The normalized spacial score (nSPS) is 13.3. The molecule has 1 aliphatic heterocycles. The first-order valence-electron chi connectivity index (χ1n) is 5.82. The minimum atomic E-state index is -0.276. The molecule has 0 aromatic heterocycles. The zero-order valence-electron chi connectivity index (χ0n) is 10.4. The van der Waals surface area contributed by atoms with Crippen LogP contribution in [0.1, 0.15) is 20.3 Å². The zero-order chi connectivity index (χ0) is 13.0. The van der Waals surface area contributed by atoms with Gasteiger partial charge in [0.15, 0.2) is 11.5 Å². The molecule has 1 aromatic rings. The number of hydrogen-bond acceptors (Lipinski definition) is 3. The molecule has 0 unspecified atom stereocenters. The van der Waals surface area contributed by atoms with Crippen LogP contribution in [-0.2, 0) is 0 Å². The van der Waals surface area contributed by atoms with Crippen LogP contribution in [0.3, 0.4) is 0 Å². The van der Waals surface area contributed by atoms with Crippen LogP contribution in [0.15, 0.2) is 30.0 Å². The molecule has 5 nitrogen and oxygen atoms in total. The monoisotopic (exact) mass is 248 g/mol. The summed E-state index contributed by atoms with van der Waals surface area (Å²) in [6.07, 6.45) is 2.60. The highest BCUT2D eigenvalue weighted by molar-refractivity contribution is 5.90. The number of benzene rings is 1. The van der Waals surface area contributed by atoms with Crippen LogP contribution in [0.5, 0.6) is 11.5 Å². The van der Waals surface area contributed by atoms with E-state index in [0.717, 1.165) is 12.0 Å². The minimum Gasteiger partial charge on any atom is -0.454 e. The Bertz CT molecular complexity index is 483. The second-order valence-corrected chi connectivity index (χ2v) is 4.01. The van der Waals surface area contributed by atoms with Gasteiger partial charge in [-0.15, -0.1) is 0 Å². The average molecular weight is 248 g/mol. The van der Waals surface area contributed by atoms with E-state index >= 15 is 0 Å². The maximum Gasteiger partial charge on any atom is 0.323 e. The lowest BCUT2D eigenvalue weighted by Crippen LogP contribution is -2.24. The molecule has 0 aliphatic carbocycles. The number of anilines is 1. The molecule has 0 saturated heterocycles. The van der Waals surface area contributed by atoms with Crippen molar-refractivity contribution in [2.24, 2.45) is 0 Å². The Balaban J connectivity index is 1.95. The van der Waals surface area contributed by atoms with Crippen molar-refractivity contribution < 1.29 is 14.3 Å². The Labute approximate surface area is 106 Å². The van der Waals surface area contributed by atoms with Gasteiger partial charge in [-0.25, -0.2) is 4.79 Å². The first kappa shape index (κ1) is 12.3. The summed E-state index contributed by atoms with van der Waals surface area (Å²) in [5.41, 5.74) is 1.77. The van der Waals surface area contributed by atoms with Crippen LogP contribution < -0.4 is 20.1 Å². The summed E-state index contributed by atoms with van der Waals surface area (Å²) in [6, 6.07) is 4.99. The molecule has 96 valence electrons. The van der Waals surface area contributed by atoms with Crippen molar-refractivity contribution in [1.82, 2.24) is 5.32 Å². The molecule has 0 bridgehead atoms. The Kier molecular flexibility index (Phi) is 3.72. The number of ether oxygens (including phenoxy) is 2. The third kappa shape index (κ3) is 2.94. The Morgan fingerprint density at radius 3 is 2.94 bits per heavy atom. The molecule has 2 rings (SSSR count). The second kappa shape index (κ2) is 5.44. The van der Waals surface area contributed by atoms with E-state index in [1.165, 1.54) is 0 Å². The van der Waals surface area contributed by atoms with Crippen LogP contribution in [0.25, 0.3) is 0 Å². The van der Waals surface area contributed by atoms with Gasteiger partial charge in [0.25, 0.3) is 0 Å². The number of carbonyl (C=O) groups is 1. The van der Waals surface area contributed by atoms with E-state index in [1.807, 2.05) is 13.8 Å². The lowest BCUT2D eigenvalue weighted by molar-refractivity contribution is 0.174. The van der Waals surface area contributed by atoms with E-state index in [9.17, 15) is 4.79 Å². The average Bonchev–Trinajstić information content (AvgIpc) is 2.83. The fraction of sp³-hybridized carbons (Fsp3) is 0.308. The van der Waals surface area contributed by atoms with Gasteiger partial charge in [-0.3, -0.25) is 0 Å². The maximum absolute atomic E-state index is 11.6. The topological polar surface area (TPSA) is 59.6 Å². The molecule has 0 spiro atoms. The highest BCUT2D eigenvalue weighted by Crippen LogP contribution is 2.34. The molecule has 18 heavy (non-hydrogen) atoms. The fourth-order valence-corrected chi connectivity index (χ4v) is 1.43. The summed E-state index contributed by atoms with van der Waals surface area (Å²) in [6.45, 7) is 4.22. The summed E-state index contributed by atoms with van der Waals surface area (Å²) in [4.78, 5) is 11.6. The van der Waals surface area contributed by atoms with Crippen LogP contribution in [0, 0.1) is 0 Å². The van der Waals surface area contributed by atoms with Gasteiger partial charge in [0.1, 0.15) is 0 Å². The quantitative estimate of drug-likeness (QED) is 0.864. The summed E-state index contributed by atoms with van der Waals surface area (Å²) < 4.78 is 10.4. The molecule has 2 amide bonds. The summed E-state index contributed by atoms with van der Waals surface area (Å²) >= 11 is 0. The minimum absolute atomic E-state index is 0.226. The lowest BCUT2D eigenvalue weighted by atomic mass is 10.2. The summed E-state index contributed by atoms with van der Waals surface area (Å²) in [7, 11) is 0. The van der Waals surface area contributed by atoms with Gasteiger partial charge in [-0.1, -0.05) is 12.5 Å². The number of amides is 2. The second-order valence-electron chi connectivity index (χ2n) is 4.01. The van der Waals surface area contributed by atoms with Gasteiger partial charge in [0.2, 0.25) is 6.79 Å². The van der Waals surface area contributed by atoms with Gasteiger partial charge < -0.3 is 20.1 Å². The van der Waals surface area contributed by atoms with Gasteiger partial charge in [-0.2, -0.15) is 0 Å². The van der Waals surface area contributed by atoms with E-state index in [0.29, 0.717) is 17.2 Å². The standard InChI is InChI=1S/C13H16N2O3/c1-3-9(2)7-14-13(16)15-10-4-5-11-12(6-10)18-8-17-11/h4-7H,3,8H2,1-2H3,(H2,14,15,16)/b9-7+. The molecular formula is C13H16N2O3. The first-order chi connectivity index (χ1) is 8.69. The Morgan fingerprint density at radius 1 is 1.39 bits per heavy atom. The molecule has 0 saturated carbocycles. The number of carbonyl (C=O) groups excluding carboxylic acids is 1. The van der Waals surface area contributed by atoms with E-state index in [-0.39, 0.29) is 12.8 Å². The van der Waals surface area contributed by atoms with E-state index in [2.05, 4.69) is 10.6 Å². The number of allylic oxidation sites excluding steroid dienone is 1. The maximum atomic E-state index is 11.6. The van der Waals surface area contributed by atoms with Crippen LogP contribution in [0.4, 0.5) is 10.5 Å². The number of rotatable bonds is 3. The van der Waals surface area contributed by atoms with Crippen LogP contribution in [0.2, 0.25) is 0 Å². The predicted molar refractivity (Wildman–Crippen MR) is 68.8 cm³/mol. The van der Waals surface area contributed by atoms with Crippen molar-refractivity contribution in [2.75, 3.05) is 12.1 Å². The van der Waals surface area contributed by atoms with Crippen molar-refractivity contribution in [3.63, 3.8) is 0 Å². The molecule has 1 aliphatic rings. The largest absolute Gasteiger partial charge is 0.454 e. The van der Waals surface area contributed by atoms with Crippen molar-refractivity contribution in [3.8, 4) is 11.5 Å². The Hall–Kier alpha value is -2.17. The predicted octanol–water partition coefficient (Wildman–Crippen LogP) is 2.85. The van der Waals surface area contributed by atoms with Crippen LogP contribution in [-0.4, -0.2) is 12.8 Å². The van der Waals surface area contributed by atoms with Gasteiger partial charge >= 0.3 is 6.03 Å². The van der Waals surface area contributed by atoms with Crippen LogP contribution >= 0.6 is 0 Å². The van der Waals surface area contributed by atoms with E-state index < -0.39 is 0 Å². The van der Waals surface area contributed by atoms with Crippen molar-refractivity contribution >= 4 is 11.7 Å². The molecule has 0 fully saturated rings. The smallest absolute Gasteiger partial charge is 0.323 e. The van der Waals surface area contributed by atoms with E-state index in [1.54, 1.807) is 24.4 Å². The SMILES string of the molecule is CC/C(C)=C/NC(=O)Nc1ccc2c(c1)OCO2. The fourth-order valence-electron chi connectivity index (χ4n) is 1.43. The highest BCUT2D eigenvalue weighted by Gasteiger charge is 2.13. The number of hydrogen-bond donors (Lipinski definition) is 2. The zero-order valence-corrected chi connectivity index (χ0v) is 10.4. The molecule has 5 heteroatoms. The van der Waals surface area contributed by atoms with E-state index in [4.69, 9.17) is 9.47 Å². The number of urea groups is 1. The molecule has 0 radical (unpaired) electrons. The molecule has 2 N–H and O–H groups in total. The van der Waals surface area contributed by atoms with Crippen molar-refractivity contribution in [1.29, 1.82) is 0 Å². The molecule has 0 atom stereocenters. The highest BCUT2D eigenvalue weighted by atomic mass is 16.7. The third-order valence-electron chi connectivity index (χ3n) is 2.64. The van der Waals surface area contributed by atoms with Crippen molar-refractivity contribution in [3.05, 3.63) is 30.0 Å². The van der Waals surface area contributed by atoms with Crippen molar-refractivity contribution in [2.45, 2.75) is 20.3 Å². The number of nitrogens with one attached hydrogen (secondary N) is 2. The summed E-state index contributed by atoms with van der Waals surface area (Å²) in [5, 5.41) is 5.39. The van der Waals surface area contributed by atoms with Gasteiger partial charge in [0.05, 0.1) is 0 Å². The molecular weight excluding hydrogens is 232 g/mol. The molecule has 1 aromatic carbocycles. The Morgan fingerprint density at radius 2 is 2.17 bits per heavy atom. The molecule has 1 heterocycles. The third-order valence-corrected chi connectivity index (χ3v) is 2.64. The van der Waals surface area contributed by atoms with Gasteiger partial charge in [-0.05, 0) is 25.5 Å². The first-order valence-corrected chi connectivity index (χ1v) is 5.82. The number of fused-ring (bicyclic) bond motifs is 1. The summed E-state index contributed by atoms with van der Waals surface area (Å²) in [5.74, 6) is 1.34. The lowest BCUT2D eigenvalue weighted by Gasteiger charge is -2.06. The van der Waals surface area contributed by atoms with Gasteiger partial charge in [0, 0.05) is 18.0 Å².